The predicted octanol–water partition coefficient (Wildman–Crippen LogP) is 2.63. The minimum Gasteiger partial charge on any atom is -0.474 e. The van der Waals surface area contributed by atoms with Crippen LogP contribution in [0.15, 0.2) is 42.6 Å². The normalized spacial score (nSPS) is 16.9. The molecule has 1 fully saturated rings. The molecular weight excluding hydrogens is 342 g/mol. The van der Waals surface area contributed by atoms with Crippen molar-refractivity contribution in [2.45, 2.75) is 39.0 Å². The number of ether oxygens (including phenoxy) is 1. The van der Waals surface area contributed by atoms with Gasteiger partial charge in [-0.3, -0.25) is 9.59 Å². The van der Waals surface area contributed by atoms with Gasteiger partial charge in [0, 0.05) is 58.2 Å². The van der Waals surface area contributed by atoms with Gasteiger partial charge in [-0.25, -0.2) is 4.98 Å². The zero-order chi connectivity index (χ0) is 18.8. The zero-order valence-electron chi connectivity index (χ0n) is 15.4. The Hall–Kier alpha value is -2.89. The van der Waals surface area contributed by atoms with Crippen molar-refractivity contribution in [1.82, 2.24) is 14.8 Å². The first kappa shape index (κ1) is 17.5. The van der Waals surface area contributed by atoms with Crippen molar-refractivity contribution in [1.29, 1.82) is 0 Å². The van der Waals surface area contributed by atoms with Gasteiger partial charge in [-0.2, -0.15) is 0 Å². The summed E-state index contributed by atoms with van der Waals surface area (Å²) in [6.45, 7) is 4.31. The Morgan fingerprint density at radius 2 is 1.67 bits per heavy atom. The Bertz CT molecular complexity index is 817. The number of pyridine rings is 1. The molecule has 0 unspecified atom stereocenters. The molecule has 4 rings (SSSR count). The van der Waals surface area contributed by atoms with E-state index in [0.29, 0.717) is 37.6 Å². The van der Waals surface area contributed by atoms with Crippen LogP contribution < -0.4 is 4.74 Å². The molecule has 140 valence electrons. The highest BCUT2D eigenvalue weighted by Crippen LogP contribution is 2.24. The van der Waals surface area contributed by atoms with Crippen LogP contribution in [0.3, 0.4) is 0 Å². The Balaban J connectivity index is 1.34. The quantitative estimate of drug-likeness (QED) is 0.839. The minimum atomic E-state index is -0.0139. The van der Waals surface area contributed by atoms with Crippen LogP contribution in [-0.4, -0.2) is 45.8 Å². The molecule has 1 saturated heterocycles. The molecular formula is C21H23N3O3. The number of aromatic nitrogens is 1. The third-order valence-electron chi connectivity index (χ3n) is 5.29. The Morgan fingerprint density at radius 3 is 2.22 bits per heavy atom. The predicted molar refractivity (Wildman–Crippen MR) is 100 cm³/mol. The summed E-state index contributed by atoms with van der Waals surface area (Å²) in [5.74, 6) is 0.621. The topological polar surface area (TPSA) is 62.7 Å². The van der Waals surface area contributed by atoms with Gasteiger partial charge < -0.3 is 14.5 Å². The fourth-order valence-corrected chi connectivity index (χ4v) is 3.70. The first-order valence-corrected chi connectivity index (χ1v) is 9.34. The lowest BCUT2D eigenvalue weighted by Gasteiger charge is -2.31. The zero-order valence-corrected chi connectivity index (χ0v) is 15.4. The van der Waals surface area contributed by atoms with Gasteiger partial charge in [0.25, 0.3) is 5.91 Å². The minimum absolute atomic E-state index is 0.0139. The van der Waals surface area contributed by atoms with E-state index in [2.05, 4.69) is 17.1 Å². The summed E-state index contributed by atoms with van der Waals surface area (Å²) in [6, 6.07) is 11.7. The summed E-state index contributed by atoms with van der Waals surface area (Å²) >= 11 is 0. The third-order valence-corrected chi connectivity index (χ3v) is 5.29. The van der Waals surface area contributed by atoms with Crippen LogP contribution >= 0.6 is 0 Å². The molecule has 6 nitrogen and oxygen atoms in total. The number of rotatable bonds is 3. The maximum Gasteiger partial charge on any atom is 0.256 e. The maximum absolute atomic E-state index is 12.7. The molecule has 0 saturated carbocycles. The number of amides is 2. The second-order valence-electron chi connectivity index (χ2n) is 7.14. The lowest BCUT2D eigenvalue weighted by molar-refractivity contribution is -0.130. The van der Waals surface area contributed by atoms with Gasteiger partial charge in [0.05, 0.1) is 5.56 Å². The van der Waals surface area contributed by atoms with E-state index in [1.807, 2.05) is 21.9 Å². The van der Waals surface area contributed by atoms with Crippen molar-refractivity contribution < 1.29 is 14.3 Å². The van der Waals surface area contributed by atoms with Crippen LogP contribution in [0.5, 0.6) is 5.88 Å². The second-order valence-corrected chi connectivity index (χ2v) is 7.14. The molecule has 0 radical (unpaired) electrons. The molecule has 2 aromatic rings. The number of piperidine rings is 1. The number of benzene rings is 1. The summed E-state index contributed by atoms with van der Waals surface area (Å²) in [5, 5.41) is 0. The van der Waals surface area contributed by atoms with Crippen LogP contribution in [0.25, 0.3) is 0 Å². The van der Waals surface area contributed by atoms with Crippen molar-refractivity contribution in [2.24, 2.45) is 0 Å². The molecule has 0 N–H and O–H groups in total. The van der Waals surface area contributed by atoms with Gasteiger partial charge in [-0.1, -0.05) is 24.3 Å². The van der Waals surface area contributed by atoms with E-state index in [0.717, 1.165) is 12.8 Å². The van der Waals surface area contributed by atoms with Crippen molar-refractivity contribution in [2.75, 3.05) is 13.1 Å². The number of nitrogens with zero attached hydrogens (tertiary/aromatic N) is 3. The number of hydrogen-bond donors (Lipinski definition) is 0. The number of likely N-dealkylation sites (tertiary alicyclic amines) is 1. The van der Waals surface area contributed by atoms with Crippen molar-refractivity contribution in [3.8, 4) is 5.88 Å². The molecule has 0 aliphatic carbocycles. The monoisotopic (exact) mass is 365 g/mol. The van der Waals surface area contributed by atoms with E-state index < -0.39 is 0 Å². The van der Waals surface area contributed by atoms with Crippen molar-refractivity contribution >= 4 is 11.8 Å². The molecule has 6 heteroatoms. The first-order chi connectivity index (χ1) is 13.1. The molecule has 27 heavy (non-hydrogen) atoms. The number of carbonyl (C=O) groups excluding carboxylic acids is 2. The largest absolute Gasteiger partial charge is 0.474 e. The van der Waals surface area contributed by atoms with Crippen molar-refractivity contribution in [3.63, 3.8) is 0 Å². The van der Waals surface area contributed by atoms with Gasteiger partial charge in [-0.05, 0) is 17.2 Å². The Kier molecular flexibility index (Phi) is 4.79. The van der Waals surface area contributed by atoms with Crippen LogP contribution in [0.4, 0.5) is 0 Å². The number of fused-ring (bicyclic) bond motifs is 1. The van der Waals surface area contributed by atoms with Crippen LogP contribution in [0.2, 0.25) is 0 Å². The van der Waals surface area contributed by atoms with Gasteiger partial charge in [0.15, 0.2) is 0 Å². The van der Waals surface area contributed by atoms with E-state index in [1.54, 1.807) is 25.3 Å². The highest BCUT2D eigenvalue weighted by molar-refractivity contribution is 5.94. The standard InChI is InChI=1S/C21H23N3O3/c1-15(25)23-10-8-19(9-11-23)27-20-7-6-16(12-22-20)21(26)24-13-17-4-2-3-5-18(17)14-24/h2-7,12,19H,8-11,13-14H2,1H3. The fourth-order valence-electron chi connectivity index (χ4n) is 3.70. The third kappa shape index (κ3) is 3.79. The molecule has 3 heterocycles. The lowest BCUT2D eigenvalue weighted by Crippen LogP contribution is -2.40. The Morgan fingerprint density at radius 1 is 1.00 bits per heavy atom. The SMILES string of the molecule is CC(=O)N1CCC(Oc2ccc(C(=O)N3Cc4ccccc4C3)cn2)CC1. The molecule has 0 bridgehead atoms. The number of carbonyl (C=O) groups is 2. The van der Waals surface area contributed by atoms with E-state index in [4.69, 9.17) is 4.74 Å². The highest BCUT2D eigenvalue weighted by Gasteiger charge is 2.25. The van der Waals surface area contributed by atoms with Gasteiger partial charge >= 0.3 is 0 Å². The van der Waals surface area contributed by atoms with Crippen LogP contribution in [-0.2, 0) is 17.9 Å². The summed E-state index contributed by atoms with van der Waals surface area (Å²) in [4.78, 5) is 32.1. The second kappa shape index (κ2) is 7.39. The van der Waals surface area contributed by atoms with E-state index in [-0.39, 0.29) is 17.9 Å². The smallest absolute Gasteiger partial charge is 0.256 e. The molecule has 2 amide bonds. The fraction of sp³-hybridized carbons (Fsp3) is 0.381. The molecule has 2 aliphatic heterocycles. The van der Waals surface area contributed by atoms with Crippen molar-refractivity contribution in [3.05, 3.63) is 59.3 Å². The summed E-state index contributed by atoms with van der Waals surface area (Å²) in [6.07, 6.45) is 3.25. The van der Waals surface area contributed by atoms with Crippen LogP contribution in [0.1, 0.15) is 41.3 Å². The maximum atomic E-state index is 12.7. The average molecular weight is 365 g/mol. The lowest BCUT2D eigenvalue weighted by atomic mass is 10.1. The molecule has 0 atom stereocenters. The van der Waals surface area contributed by atoms with Gasteiger partial charge in [0.2, 0.25) is 11.8 Å². The molecule has 1 aromatic carbocycles. The van der Waals surface area contributed by atoms with E-state index in [9.17, 15) is 9.59 Å². The van der Waals surface area contributed by atoms with Gasteiger partial charge in [-0.15, -0.1) is 0 Å². The summed E-state index contributed by atoms with van der Waals surface area (Å²) < 4.78 is 5.92. The molecule has 0 spiro atoms. The summed E-state index contributed by atoms with van der Waals surface area (Å²) in [7, 11) is 0. The summed E-state index contributed by atoms with van der Waals surface area (Å²) in [5.41, 5.74) is 2.98. The highest BCUT2D eigenvalue weighted by atomic mass is 16.5. The van der Waals surface area contributed by atoms with Crippen LogP contribution in [0, 0.1) is 0 Å². The molecule has 2 aliphatic rings. The van der Waals surface area contributed by atoms with E-state index in [1.165, 1.54) is 11.1 Å². The van der Waals surface area contributed by atoms with Gasteiger partial charge in [0.1, 0.15) is 6.10 Å². The Labute approximate surface area is 158 Å². The first-order valence-electron chi connectivity index (χ1n) is 9.34. The number of hydrogen-bond acceptors (Lipinski definition) is 4. The molecule has 1 aromatic heterocycles. The van der Waals surface area contributed by atoms with E-state index >= 15 is 0 Å². The average Bonchev–Trinajstić information content (AvgIpc) is 3.13.